The van der Waals surface area contributed by atoms with Crippen LogP contribution in [0, 0.1) is 11.3 Å². The zero-order valence-electron chi connectivity index (χ0n) is 38.6. The molecule has 21 heteroatoms. The monoisotopic (exact) mass is 1020 g/mol. The van der Waals surface area contributed by atoms with Crippen LogP contribution in [0.1, 0.15) is 138 Å². The van der Waals surface area contributed by atoms with Crippen LogP contribution in [0.5, 0.6) is 0 Å². The van der Waals surface area contributed by atoms with Gasteiger partial charge in [0.2, 0.25) is 11.2 Å². The molecule has 0 radical (unpaired) electrons. The third kappa shape index (κ3) is 27.9. The lowest BCUT2D eigenvalue weighted by atomic mass is 9.78. The van der Waals surface area contributed by atoms with Gasteiger partial charge in [0.1, 0.15) is 33.8 Å². The number of carbonyl (C=O) groups is 8. The zero-order chi connectivity index (χ0) is 50.4. The first-order chi connectivity index (χ1) is 29.1. The Labute approximate surface area is 407 Å². The number of ether oxygens (including phenoxy) is 6. The highest BCUT2D eigenvalue weighted by Gasteiger charge is 2.59. The van der Waals surface area contributed by atoms with Crippen LogP contribution < -0.4 is 0 Å². The highest BCUT2D eigenvalue weighted by molar-refractivity contribution is 6.67. The summed E-state index contributed by atoms with van der Waals surface area (Å²) < 4.78 is 30.8. The van der Waals surface area contributed by atoms with E-state index in [2.05, 4.69) is 9.97 Å². The molecule has 16 nitrogen and oxygen atoms in total. The number of halogens is 5. The minimum atomic E-state index is -2.63. The Morgan fingerprint density at radius 2 is 0.908 bits per heavy atom. The molecule has 0 atom stereocenters. The Hall–Kier alpha value is -4.09. The van der Waals surface area contributed by atoms with Gasteiger partial charge in [0.25, 0.3) is 5.24 Å². The predicted octanol–water partition coefficient (Wildman–Crippen LogP) is 9.95. The van der Waals surface area contributed by atoms with E-state index in [0.29, 0.717) is 5.02 Å². The summed E-state index contributed by atoms with van der Waals surface area (Å²) in [4.78, 5) is 106. The van der Waals surface area contributed by atoms with E-state index in [4.69, 9.17) is 86.4 Å². The minimum absolute atomic E-state index is 0. The Kier molecular flexibility index (Phi) is 29.6. The van der Waals surface area contributed by atoms with E-state index in [0.717, 1.165) is 0 Å². The summed E-state index contributed by atoms with van der Waals surface area (Å²) in [6.07, 6.45) is 1.27. The molecular weight excluding hydrogens is 958 g/mol. The van der Waals surface area contributed by atoms with Gasteiger partial charge in [0, 0.05) is 12.4 Å². The van der Waals surface area contributed by atoms with Gasteiger partial charge in [-0.2, -0.15) is 0 Å². The van der Waals surface area contributed by atoms with Crippen LogP contribution in [0.25, 0.3) is 0 Å². The van der Waals surface area contributed by atoms with Gasteiger partial charge in [-0.1, -0.05) is 30.6 Å². The Morgan fingerprint density at radius 1 is 0.569 bits per heavy atom. The van der Waals surface area contributed by atoms with Gasteiger partial charge in [-0.15, -0.1) is 23.2 Å². The minimum Gasteiger partial charge on any atom is -0.466 e. The molecule has 2 aromatic heterocycles. The molecule has 65 heavy (non-hydrogen) atoms. The molecule has 0 N–H and O–H groups in total. The molecule has 2 rings (SSSR count). The summed E-state index contributed by atoms with van der Waals surface area (Å²) in [6.45, 7) is 22.9. The number of esters is 6. The molecular formula is C44H63Cl5N2O14. The summed E-state index contributed by atoms with van der Waals surface area (Å²) in [5.74, 6) is -7.96. The van der Waals surface area contributed by atoms with Gasteiger partial charge in [-0.05, 0) is 133 Å². The molecule has 0 aliphatic heterocycles. The van der Waals surface area contributed by atoms with Gasteiger partial charge in [0.15, 0.2) is 5.92 Å². The Balaban J connectivity index is -0.000000946. The topological polar surface area (TPSA) is 218 Å². The van der Waals surface area contributed by atoms with Crippen molar-refractivity contribution in [2.24, 2.45) is 11.3 Å². The van der Waals surface area contributed by atoms with Crippen LogP contribution in [0.4, 0.5) is 0 Å². The maximum absolute atomic E-state index is 13.5. The molecule has 0 amide bonds. The highest BCUT2D eigenvalue weighted by Crippen LogP contribution is 2.35. The van der Waals surface area contributed by atoms with Gasteiger partial charge >= 0.3 is 35.8 Å². The van der Waals surface area contributed by atoms with Crippen molar-refractivity contribution >= 4 is 105 Å². The summed E-state index contributed by atoms with van der Waals surface area (Å²) >= 11 is 26.0. The summed E-state index contributed by atoms with van der Waals surface area (Å²) in [5.41, 5.74) is -6.28. The quantitative estimate of drug-likeness (QED) is 0.0455. The summed E-state index contributed by atoms with van der Waals surface area (Å²) in [5, 5.41) is 0.357. The molecule has 0 saturated heterocycles. The second kappa shape index (κ2) is 29.5. The Morgan fingerprint density at radius 3 is 1.20 bits per heavy atom. The molecule has 0 aliphatic rings. The molecule has 0 aromatic carbocycles. The van der Waals surface area contributed by atoms with E-state index in [1.165, 1.54) is 30.6 Å². The van der Waals surface area contributed by atoms with Crippen molar-refractivity contribution in [3.63, 3.8) is 0 Å². The second-order valence-electron chi connectivity index (χ2n) is 16.9. The lowest BCUT2D eigenvalue weighted by Crippen LogP contribution is -2.53. The van der Waals surface area contributed by atoms with Gasteiger partial charge in [-0.3, -0.25) is 48.3 Å². The molecule has 0 aliphatic carbocycles. The van der Waals surface area contributed by atoms with Crippen molar-refractivity contribution in [1.29, 1.82) is 0 Å². The van der Waals surface area contributed by atoms with Crippen LogP contribution in [-0.4, -0.2) is 97.8 Å². The Bertz CT molecular complexity index is 1810. The normalized spacial score (nSPS) is 11.2. The molecule has 0 unspecified atom stereocenters. The third-order valence-corrected chi connectivity index (χ3v) is 7.19. The van der Waals surface area contributed by atoms with Crippen molar-refractivity contribution in [2.75, 3.05) is 18.6 Å². The van der Waals surface area contributed by atoms with Crippen molar-refractivity contribution in [3.05, 3.63) is 58.1 Å². The number of ketones is 1. The lowest BCUT2D eigenvalue weighted by Gasteiger charge is -2.33. The van der Waals surface area contributed by atoms with Crippen LogP contribution in [0.2, 0.25) is 10.0 Å². The first-order valence-corrected chi connectivity index (χ1v) is 21.6. The van der Waals surface area contributed by atoms with Crippen LogP contribution in [-0.2, 0) is 57.2 Å². The van der Waals surface area contributed by atoms with Crippen LogP contribution >= 0.6 is 58.0 Å². The van der Waals surface area contributed by atoms with E-state index in [-0.39, 0.29) is 42.4 Å². The largest absolute Gasteiger partial charge is 0.466 e. The second-order valence-corrected chi connectivity index (χ2v) is 19.0. The predicted molar refractivity (Wildman–Crippen MR) is 248 cm³/mol. The van der Waals surface area contributed by atoms with E-state index >= 15 is 0 Å². The number of hydrogen-bond donors (Lipinski definition) is 0. The maximum atomic E-state index is 13.5. The number of hydrogen-bond acceptors (Lipinski definition) is 16. The van der Waals surface area contributed by atoms with Crippen molar-refractivity contribution in [1.82, 2.24) is 9.97 Å². The molecule has 0 saturated carbocycles. The fourth-order valence-electron chi connectivity index (χ4n) is 4.27. The molecule has 2 heterocycles. The number of alkyl halides is 2. The van der Waals surface area contributed by atoms with Gasteiger partial charge in [-0.25, -0.2) is 0 Å². The fraction of sp³-hybridized carbons (Fsp3) is 0.591. The standard InChI is InChI=1S/C21H28ClNO7.C15H26O6.C6H3Cl2NO.CH2Cl2.CH4/c1-8-28-15(24)11-21(17(26)29-19(2,3)4,18(27)30-20(5,6)7)16(25)14-10-9-13(22)12-23-14;1-8-19-11(16)9-10(12(17)20-14(2,3)4)13(18)21-15(5,6)7;7-4-1-2-5(6(8)10)9-3-4;2-1-3;/h9-10,12H,8,11H2,1-7H3;10H,8-9H2,1-7H3;1-3H;1H2;1H4. The van der Waals surface area contributed by atoms with Gasteiger partial charge in [0.05, 0.1) is 41.4 Å². The molecule has 368 valence electrons. The van der Waals surface area contributed by atoms with Crippen LogP contribution in [0.3, 0.4) is 0 Å². The van der Waals surface area contributed by atoms with Crippen molar-refractivity contribution in [3.8, 4) is 0 Å². The third-order valence-electron chi connectivity index (χ3n) is 6.54. The lowest BCUT2D eigenvalue weighted by molar-refractivity contribution is -0.184. The first kappa shape index (κ1) is 65.2. The molecule has 2 aromatic rings. The van der Waals surface area contributed by atoms with E-state index < -0.39 is 93.4 Å². The molecule has 0 bridgehead atoms. The average molecular weight is 1020 g/mol. The zero-order valence-corrected chi connectivity index (χ0v) is 42.4. The highest BCUT2D eigenvalue weighted by atomic mass is 35.5. The number of Topliss-reactive ketones (excluding diaryl/α,β-unsaturated/α-hetero) is 1. The number of rotatable bonds is 13. The number of nitrogens with zero attached hydrogens (tertiary/aromatic N) is 2. The van der Waals surface area contributed by atoms with Gasteiger partial charge < -0.3 is 28.4 Å². The van der Waals surface area contributed by atoms with E-state index in [1.807, 2.05) is 0 Å². The van der Waals surface area contributed by atoms with E-state index in [9.17, 15) is 38.4 Å². The van der Waals surface area contributed by atoms with Crippen LogP contribution in [0.15, 0.2) is 36.7 Å². The van der Waals surface area contributed by atoms with Crippen molar-refractivity contribution < 1.29 is 66.8 Å². The summed E-state index contributed by atoms with van der Waals surface area (Å²) in [6, 6.07) is 5.65. The maximum Gasteiger partial charge on any atom is 0.332 e. The fourth-order valence-corrected chi connectivity index (χ4v) is 4.60. The van der Waals surface area contributed by atoms with E-state index in [1.54, 1.807) is 103 Å². The SMILES string of the molecule is C.CCOC(=O)CC(C(=O)OC(C)(C)C)(C(=O)OC(C)(C)C)C(=O)c1ccc(Cl)cn1.CCOC(=O)CC(C(=O)OC(C)(C)C)C(=O)OC(C)(C)C.ClCCl.O=C(Cl)c1ccc(Cl)cn1. The van der Waals surface area contributed by atoms with Crippen molar-refractivity contribution in [2.45, 2.75) is 140 Å². The molecule has 0 fully saturated rings. The number of aromatic nitrogens is 2. The first-order valence-electron chi connectivity index (χ1n) is 19.4. The summed E-state index contributed by atoms with van der Waals surface area (Å²) in [7, 11) is 0. The smallest absolute Gasteiger partial charge is 0.332 e. The number of pyridine rings is 2. The average Bonchev–Trinajstić information content (AvgIpc) is 3.11. The molecule has 0 spiro atoms. The number of carbonyl (C=O) groups excluding carboxylic acids is 8.